The molecule has 0 spiro atoms. The minimum absolute atomic E-state index is 0.0277. The second-order valence-corrected chi connectivity index (χ2v) is 6.90. The molecule has 1 aliphatic heterocycles. The number of benzene rings is 2. The quantitative estimate of drug-likeness (QED) is 0.677. The van der Waals surface area contributed by atoms with Gasteiger partial charge in [-0.3, -0.25) is 4.79 Å². The molecule has 0 atom stereocenters. The molecule has 138 valence electrons. The first-order chi connectivity index (χ1) is 13.2. The number of hydrogen-bond donors (Lipinski definition) is 3. The molecule has 0 aliphatic carbocycles. The molecule has 3 rings (SSSR count). The van der Waals surface area contributed by atoms with Crippen LogP contribution in [0.1, 0.15) is 11.1 Å². The summed E-state index contributed by atoms with van der Waals surface area (Å²) >= 11 is 0. The number of piperazine rings is 1. The van der Waals surface area contributed by atoms with Crippen molar-refractivity contribution in [3.05, 3.63) is 71.8 Å². The van der Waals surface area contributed by atoms with Gasteiger partial charge < -0.3 is 15.1 Å². The van der Waals surface area contributed by atoms with E-state index in [9.17, 15) is 4.79 Å². The Morgan fingerprint density at radius 3 is 2.41 bits per heavy atom. The molecule has 0 radical (unpaired) electrons. The van der Waals surface area contributed by atoms with E-state index in [1.807, 2.05) is 12.1 Å². The zero-order chi connectivity index (χ0) is 18.9. The Morgan fingerprint density at radius 2 is 1.67 bits per heavy atom. The van der Waals surface area contributed by atoms with Crippen LogP contribution in [-0.4, -0.2) is 45.2 Å². The van der Waals surface area contributed by atoms with E-state index < -0.39 is 0 Å². The van der Waals surface area contributed by atoms with Crippen LogP contribution in [0.5, 0.6) is 0 Å². The molecular formula is C22H26N4O+2. The van der Waals surface area contributed by atoms with E-state index in [2.05, 4.69) is 47.8 Å². The highest BCUT2D eigenvalue weighted by molar-refractivity contribution is 5.92. The maximum atomic E-state index is 12.3. The Hall–Kier alpha value is -2.94. The Bertz CT molecular complexity index is 818. The molecular weight excluding hydrogens is 336 g/mol. The predicted octanol–water partition coefficient (Wildman–Crippen LogP) is -0.00642. The normalized spacial score (nSPS) is 19.5. The predicted molar refractivity (Wildman–Crippen MR) is 106 cm³/mol. The SMILES string of the molecule is N#Cc1ccccc1NC(=O)C[NH+]1CC[NH+](C/C=C/c2ccccc2)CC1. The molecule has 1 amide bonds. The lowest BCUT2D eigenvalue weighted by Gasteiger charge is -2.28. The average Bonchev–Trinajstić information content (AvgIpc) is 2.70. The van der Waals surface area contributed by atoms with Crippen LogP contribution in [0.4, 0.5) is 5.69 Å². The smallest absolute Gasteiger partial charge is 0.279 e. The summed E-state index contributed by atoms with van der Waals surface area (Å²) < 4.78 is 0. The summed E-state index contributed by atoms with van der Waals surface area (Å²) in [5, 5.41) is 12.0. The fourth-order valence-corrected chi connectivity index (χ4v) is 3.37. The van der Waals surface area contributed by atoms with Crippen molar-refractivity contribution < 1.29 is 14.6 Å². The maximum Gasteiger partial charge on any atom is 0.279 e. The number of para-hydroxylation sites is 1. The lowest BCUT2D eigenvalue weighted by atomic mass is 10.2. The third-order valence-corrected chi connectivity index (χ3v) is 4.91. The topological polar surface area (TPSA) is 61.8 Å². The van der Waals surface area contributed by atoms with Crippen LogP contribution in [0, 0.1) is 11.3 Å². The summed E-state index contributed by atoms with van der Waals surface area (Å²) in [6.45, 7) is 5.58. The van der Waals surface area contributed by atoms with Gasteiger partial charge in [-0.2, -0.15) is 5.26 Å². The summed E-state index contributed by atoms with van der Waals surface area (Å²) in [5.74, 6) is -0.0277. The van der Waals surface area contributed by atoms with Crippen molar-refractivity contribution in [2.24, 2.45) is 0 Å². The minimum atomic E-state index is -0.0277. The van der Waals surface area contributed by atoms with Gasteiger partial charge >= 0.3 is 0 Å². The van der Waals surface area contributed by atoms with Crippen LogP contribution >= 0.6 is 0 Å². The summed E-state index contributed by atoms with van der Waals surface area (Å²) in [4.78, 5) is 15.2. The maximum absolute atomic E-state index is 12.3. The molecule has 0 aromatic heterocycles. The van der Waals surface area contributed by atoms with Gasteiger partial charge in [0.25, 0.3) is 5.91 Å². The second-order valence-electron chi connectivity index (χ2n) is 6.90. The standard InChI is InChI=1S/C22H24N4O/c23-17-20-10-4-5-11-21(20)24-22(27)18-26-15-13-25(14-16-26)12-6-9-19-7-2-1-3-8-19/h1-11H,12-16,18H2,(H,24,27)/p+2/b9-6+. The number of anilines is 1. The Balaban J connectivity index is 1.41. The monoisotopic (exact) mass is 362 g/mol. The van der Waals surface area contributed by atoms with E-state index in [0.717, 1.165) is 32.7 Å². The molecule has 2 aromatic carbocycles. The van der Waals surface area contributed by atoms with Crippen molar-refractivity contribution >= 4 is 17.7 Å². The summed E-state index contributed by atoms with van der Waals surface area (Å²) in [6.07, 6.45) is 4.41. The molecule has 1 fully saturated rings. The van der Waals surface area contributed by atoms with Crippen LogP contribution < -0.4 is 15.1 Å². The summed E-state index contributed by atoms with van der Waals surface area (Å²) in [6, 6.07) is 19.6. The van der Waals surface area contributed by atoms with E-state index in [4.69, 9.17) is 5.26 Å². The largest absolute Gasteiger partial charge is 0.322 e. The number of quaternary nitrogens is 2. The first-order valence-corrected chi connectivity index (χ1v) is 9.42. The first-order valence-electron chi connectivity index (χ1n) is 9.42. The molecule has 2 aromatic rings. The third kappa shape index (κ3) is 5.78. The van der Waals surface area contributed by atoms with Crippen LogP contribution in [0.25, 0.3) is 6.08 Å². The number of rotatable bonds is 6. The van der Waals surface area contributed by atoms with Crippen LogP contribution in [-0.2, 0) is 4.79 Å². The molecule has 5 nitrogen and oxygen atoms in total. The van der Waals surface area contributed by atoms with Gasteiger partial charge in [0.1, 0.15) is 32.2 Å². The average molecular weight is 362 g/mol. The molecule has 1 saturated heterocycles. The number of carbonyl (C=O) groups excluding carboxylic acids is 1. The molecule has 5 heteroatoms. The van der Waals surface area contributed by atoms with E-state index in [0.29, 0.717) is 17.8 Å². The van der Waals surface area contributed by atoms with E-state index in [-0.39, 0.29) is 5.91 Å². The van der Waals surface area contributed by atoms with Crippen LogP contribution in [0.2, 0.25) is 0 Å². The molecule has 0 bridgehead atoms. The van der Waals surface area contributed by atoms with Crippen molar-refractivity contribution in [2.75, 3.05) is 44.6 Å². The highest BCUT2D eigenvalue weighted by Gasteiger charge is 2.24. The fourth-order valence-electron chi connectivity index (χ4n) is 3.37. The van der Waals surface area contributed by atoms with Crippen molar-refractivity contribution in [1.29, 1.82) is 5.26 Å². The number of nitriles is 1. The van der Waals surface area contributed by atoms with E-state index >= 15 is 0 Å². The zero-order valence-electron chi connectivity index (χ0n) is 15.4. The summed E-state index contributed by atoms with van der Waals surface area (Å²) in [7, 11) is 0. The Morgan fingerprint density at radius 1 is 1.00 bits per heavy atom. The van der Waals surface area contributed by atoms with Gasteiger partial charge in [-0.25, -0.2) is 0 Å². The fraction of sp³-hybridized carbons (Fsp3) is 0.273. The zero-order valence-corrected chi connectivity index (χ0v) is 15.4. The van der Waals surface area contributed by atoms with Gasteiger partial charge in [-0.15, -0.1) is 0 Å². The van der Waals surface area contributed by atoms with Crippen LogP contribution in [0.3, 0.4) is 0 Å². The number of nitrogens with one attached hydrogen (secondary N) is 3. The van der Waals surface area contributed by atoms with Crippen LogP contribution in [0.15, 0.2) is 60.7 Å². The highest BCUT2D eigenvalue weighted by Crippen LogP contribution is 2.12. The highest BCUT2D eigenvalue weighted by atomic mass is 16.2. The van der Waals surface area contributed by atoms with Crippen molar-refractivity contribution in [3.63, 3.8) is 0 Å². The Kier molecular flexibility index (Phi) is 6.75. The molecule has 1 heterocycles. The molecule has 0 unspecified atom stereocenters. The Labute approximate surface area is 160 Å². The minimum Gasteiger partial charge on any atom is -0.322 e. The van der Waals surface area contributed by atoms with E-state index in [1.54, 1.807) is 23.1 Å². The molecule has 27 heavy (non-hydrogen) atoms. The first kappa shape index (κ1) is 18.8. The van der Waals surface area contributed by atoms with E-state index in [1.165, 1.54) is 10.5 Å². The van der Waals surface area contributed by atoms with Crippen molar-refractivity contribution in [3.8, 4) is 6.07 Å². The summed E-state index contributed by atoms with van der Waals surface area (Å²) in [5.41, 5.74) is 2.33. The second kappa shape index (κ2) is 9.67. The number of hydrogen-bond acceptors (Lipinski definition) is 2. The van der Waals surface area contributed by atoms with Gasteiger partial charge in [0, 0.05) is 0 Å². The van der Waals surface area contributed by atoms with Gasteiger partial charge in [-0.1, -0.05) is 48.5 Å². The van der Waals surface area contributed by atoms with Gasteiger partial charge in [-0.05, 0) is 23.8 Å². The molecule has 3 N–H and O–H groups in total. The molecule has 0 saturated carbocycles. The lowest BCUT2D eigenvalue weighted by molar-refractivity contribution is -1.01. The van der Waals surface area contributed by atoms with Gasteiger partial charge in [0.15, 0.2) is 6.54 Å². The number of carbonyl (C=O) groups is 1. The number of amides is 1. The molecule has 1 aliphatic rings. The van der Waals surface area contributed by atoms with Crippen molar-refractivity contribution in [1.82, 2.24) is 0 Å². The number of nitrogens with zero attached hydrogens (tertiary/aromatic N) is 1. The van der Waals surface area contributed by atoms with Gasteiger partial charge in [0.2, 0.25) is 0 Å². The van der Waals surface area contributed by atoms with Gasteiger partial charge in [0.05, 0.1) is 17.8 Å². The van der Waals surface area contributed by atoms with Crippen molar-refractivity contribution in [2.45, 2.75) is 0 Å². The third-order valence-electron chi connectivity index (χ3n) is 4.91. The lowest BCUT2D eigenvalue weighted by Crippen LogP contribution is -3.28.